The highest BCUT2D eigenvalue weighted by molar-refractivity contribution is 6.32. The number of methoxy groups -OCH3 is 2. The van der Waals surface area contributed by atoms with E-state index >= 15 is 0 Å². The van der Waals surface area contributed by atoms with Gasteiger partial charge in [-0.05, 0) is 0 Å². The molecule has 1 aromatic heterocycles. The van der Waals surface area contributed by atoms with Gasteiger partial charge in [-0.3, -0.25) is 0 Å². The highest BCUT2D eigenvalue weighted by Crippen LogP contribution is 2.35. The van der Waals surface area contributed by atoms with Crippen molar-refractivity contribution in [3.05, 3.63) is 29.3 Å². The average Bonchev–Trinajstić information content (AvgIpc) is 2.82. The molecule has 1 heterocycles. The molecule has 0 amide bonds. The van der Waals surface area contributed by atoms with E-state index in [0.717, 1.165) is 11.5 Å². The van der Waals surface area contributed by atoms with Gasteiger partial charge in [0.05, 0.1) is 31.5 Å². The van der Waals surface area contributed by atoms with Gasteiger partial charge >= 0.3 is 0 Å². The van der Waals surface area contributed by atoms with E-state index in [1.807, 2.05) is 11.6 Å². The van der Waals surface area contributed by atoms with Crippen molar-refractivity contribution in [1.82, 2.24) is 14.8 Å². The van der Waals surface area contributed by atoms with Crippen LogP contribution in [0, 0.1) is 0 Å². The highest BCUT2D eigenvalue weighted by Gasteiger charge is 2.10. The van der Waals surface area contributed by atoms with Crippen LogP contribution in [-0.2, 0) is 13.6 Å². The maximum Gasteiger partial charge on any atom is 0.151 e. The topological polar surface area (TPSA) is 61.2 Å². The second-order valence-corrected chi connectivity index (χ2v) is 4.31. The summed E-state index contributed by atoms with van der Waals surface area (Å²) < 4.78 is 12.3. The van der Waals surface area contributed by atoms with Crippen molar-refractivity contribution >= 4 is 17.3 Å². The maximum absolute atomic E-state index is 6.05. The molecule has 0 saturated heterocycles. The van der Waals surface area contributed by atoms with Crippen LogP contribution in [0.3, 0.4) is 0 Å². The van der Waals surface area contributed by atoms with Gasteiger partial charge in [-0.15, -0.1) is 10.2 Å². The lowest BCUT2D eigenvalue weighted by atomic mass is 10.2. The van der Waals surface area contributed by atoms with Gasteiger partial charge in [-0.2, -0.15) is 0 Å². The molecule has 1 aromatic carbocycles. The second kappa shape index (κ2) is 5.79. The monoisotopic (exact) mass is 282 g/mol. The molecule has 0 fully saturated rings. The lowest BCUT2D eigenvalue weighted by molar-refractivity contribution is 0.404. The normalized spacial score (nSPS) is 10.3. The smallest absolute Gasteiger partial charge is 0.151 e. The van der Waals surface area contributed by atoms with Gasteiger partial charge in [0.15, 0.2) is 5.82 Å². The molecule has 0 spiro atoms. The fraction of sp³-hybridized carbons (Fsp3) is 0.333. The second-order valence-electron chi connectivity index (χ2n) is 3.90. The minimum Gasteiger partial charge on any atom is -0.495 e. The third kappa shape index (κ3) is 2.90. The zero-order chi connectivity index (χ0) is 13.8. The fourth-order valence-electron chi connectivity index (χ4n) is 1.64. The number of ether oxygens (including phenoxy) is 2. The van der Waals surface area contributed by atoms with Crippen LogP contribution in [0.25, 0.3) is 0 Å². The molecule has 0 aliphatic carbocycles. The van der Waals surface area contributed by atoms with Crippen LogP contribution >= 0.6 is 11.6 Å². The van der Waals surface area contributed by atoms with Gasteiger partial charge in [0.2, 0.25) is 0 Å². The van der Waals surface area contributed by atoms with E-state index in [4.69, 9.17) is 21.1 Å². The molecule has 19 heavy (non-hydrogen) atoms. The van der Waals surface area contributed by atoms with Crippen molar-refractivity contribution in [3.63, 3.8) is 0 Å². The highest BCUT2D eigenvalue weighted by atomic mass is 35.5. The van der Waals surface area contributed by atoms with Crippen LogP contribution in [0.15, 0.2) is 18.5 Å². The van der Waals surface area contributed by atoms with Crippen molar-refractivity contribution in [3.8, 4) is 11.5 Å². The van der Waals surface area contributed by atoms with Gasteiger partial charge in [-0.1, -0.05) is 11.6 Å². The third-order valence-corrected chi connectivity index (χ3v) is 3.01. The molecular weight excluding hydrogens is 268 g/mol. The van der Waals surface area contributed by atoms with Crippen molar-refractivity contribution < 1.29 is 9.47 Å². The zero-order valence-electron chi connectivity index (χ0n) is 11.0. The Bertz CT molecular complexity index is 571. The zero-order valence-corrected chi connectivity index (χ0v) is 11.7. The summed E-state index contributed by atoms with van der Waals surface area (Å²) in [5, 5.41) is 11.5. The van der Waals surface area contributed by atoms with Crippen molar-refractivity contribution in [1.29, 1.82) is 0 Å². The molecule has 2 rings (SSSR count). The van der Waals surface area contributed by atoms with E-state index in [0.29, 0.717) is 23.1 Å². The van der Waals surface area contributed by atoms with Crippen molar-refractivity contribution in [2.45, 2.75) is 6.54 Å². The molecule has 1 N–H and O–H groups in total. The summed E-state index contributed by atoms with van der Waals surface area (Å²) in [6, 6.07) is 3.50. The van der Waals surface area contributed by atoms with Crippen LogP contribution in [-0.4, -0.2) is 29.0 Å². The number of hydrogen-bond donors (Lipinski definition) is 1. The summed E-state index contributed by atoms with van der Waals surface area (Å²) in [6.07, 6.45) is 1.65. The van der Waals surface area contributed by atoms with E-state index in [1.54, 1.807) is 32.7 Å². The minimum absolute atomic E-state index is 0.503. The van der Waals surface area contributed by atoms with E-state index in [-0.39, 0.29) is 0 Å². The van der Waals surface area contributed by atoms with Gasteiger partial charge in [0, 0.05) is 19.2 Å². The molecule has 102 valence electrons. The molecule has 0 unspecified atom stereocenters. The van der Waals surface area contributed by atoms with E-state index in [2.05, 4.69) is 15.5 Å². The number of rotatable bonds is 5. The molecule has 0 aliphatic heterocycles. The van der Waals surface area contributed by atoms with Crippen molar-refractivity contribution in [2.24, 2.45) is 7.05 Å². The number of aromatic nitrogens is 3. The first-order valence-electron chi connectivity index (χ1n) is 5.64. The standard InChI is InChI=1S/C12H15ClN4O2/c1-17-7-15-16-12(17)6-14-9-5-10(18-2)8(13)4-11(9)19-3/h4-5,7,14H,6H2,1-3H3. The number of anilines is 1. The maximum atomic E-state index is 6.05. The Kier molecular flexibility index (Phi) is 4.11. The van der Waals surface area contributed by atoms with E-state index < -0.39 is 0 Å². The van der Waals surface area contributed by atoms with Gasteiger partial charge in [-0.25, -0.2) is 0 Å². The molecular formula is C12H15ClN4O2. The Hall–Kier alpha value is -1.95. The largest absolute Gasteiger partial charge is 0.495 e. The molecule has 2 aromatic rings. The quantitative estimate of drug-likeness (QED) is 0.910. The first kappa shape index (κ1) is 13.5. The third-order valence-electron chi connectivity index (χ3n) is 2.72. The van der Waals surface area contributed by atoms with E-state index in [9.17, 15) is 0 Å². The average molecular weight is 283 g/mol. The Morgan fingerprint density at radius 3 is 2.58 bits per heavy atom. The Morgan fingerprint density at radius 1 is 1.26 bits per heavy atom. The first-order chi connectivity index (χ1) is 9.15. The summed E-state index contributed by atoms with van der Waals surface area (Å²) in [7, 11) is 5.04. The van der Waals surface area contributed by atoms with Crippen LogP contribution < -0.4 is 14.8 Å². The number of hydrogen-bond acceptors (Lipinski definition) is 5. The number of benzene rings is 1. The SMILES string of the molecule is COc1cc(NCc2nncn2C)c(OC)cc1Cl. The Labute approximate surface area is 116 Å². The number of halogens is 1. The molecule has 0 aliphatic rings. The molecule has 7 heteroatoms. The summed E-state index contributed by atoms with van der Waals surface area (Å²) in [5.74, 6) is 2.05. The summed E-state index contributed by atoms with van der Waals surface area (Å²) in [5.41, 5.74) is 0.784. The lowest BCUT2D eigenvalue weighted by Crippen LogP contribution is -2.07. The summed E-state index contributed by atoms with van der Waals surface area (Å²) in [6.45, 7) is 0.525. The minimum atomic E-state index is 0.503. The molecule has 0 radical (unpaired) electrons. The number of nitrogens with zero attached hydrogens (tertiary/aromatic N) is 3. The molecule has 0 atom stereocenters. The van der Waals surface area contributed by atoms with Crippen LogP contribution in [0.5, 0.6) is 11.5 Å². The number of nitrogens with one attached hydrogen (secondary N) is 1. The van der Waals surface area contributed by atoms with Gasteiger partial charge in [0.1, 0.15) is 17.8 Å². The fourth-order valence-corrected chi connectivity index (χ4v) is 1.87. The Morgan fingerprint density at radius 2 is 2.00 bits per heavy atom. The van der Waals surface area contributed by atoms with Crippen LogP contribution in [0.2, 0.25) is 5.02 Å². The predicted octanol–water partition coefficient (Wildman–Crippen LogP) is 2.10. The number of aryl methyl sites for hydroxylation is 1. The van der Waals surface area contributed by atoms with Crippen LogP contribution in [0.4, 0.5) is 5.69 Å². The summed E-state index contributed by atoms with van der Waals surface area (Å²) >= 11 is 6.05. The molecule has 0 saturated carbocycles. The summed E-state index contributed by atoms with van der Waals surface area (Å²) in [4.78, 5) is 0. The molecule has 0 bridgehead atoms. The van der Waals surface area contributed by atoms with Crippen molar-refractivity contribution in [2.75, 3.05) is 19.5 Å². The van der Waals surface area contributed by atoms with Gasteiger partial charge in [0.25, 0.3) is 0 Å². The predicted molar refractivity (Wildman–Crippen MR) is 72.9 cm³/mol. The first-order valence-corrected chi connectivity index (χ1v) is 6.01. The van der Waals surface area contributed by atoms with Crippen LogP contribution in [0.1, 0.15) is 5.82 Å². The lowest BCUT2D eigenvalue weighted by Gasteiger charge is -2.13. The van der Waals surface area contributed by atoms with Gasteiger partial charge < -0.3 is 19.4 Å². The Balaban J connectivity index is 2.21. The molecule has 6 nitrogen and oxygen atoms in total. The van der Waals surface area contributed by atoms with E-state index in [1.165, 1.54) is 0 Å².